The Hall–Kier alpha value is -4.20. The topological polar surface area (TPSA) is 90.7 Å². The molecule has 4 rings (SSSR count). The molecule has 7 nitrogen and oxygen atoms in total. The predicted octanol–water partition coefficient (Wildman–Crippen LogP) is 3.62. The van der Waals surface area contributed by atoms with Gasteiger partial charge in [0.2, 0.25) is 0 Å². The van der Waals surface area contributed by atoms with Crippen molar-refractivity contribution in [3.05, 3.63) is 93.7 Å². The summed E-state index contributed by atoms with van der Waals surface area (Å²) in [6.07, 6.45) is 1.97. The van der Waals surface area contributed by atoms with Crippen LogP contribution < -0.4 is 10.3 Å². The second kappa shape index (κ2) is 8.50. The molecule has 0 atom stereocenters. The number of hydrogen-bond acceptors (Lipinski definition) is 6. The van der Waals surface area contributed by atoms with Crippen LogP contribution in [0, 0.1) is 5.82 Å². The summed E-state index contributed by atoms with van der Waals surface area (Å²) in [5.41, 5.74) is 1.17. The van der Waals surface area contributed by atoms with Crippen molar-refractivity contribution in [3.63, 3.8) is 0 Å². The molecule has 0 radical (unpaired) electrons. The van der Waals surface area contributed by atoms with Crippen LogP contribution in [0.2, 0.25) is 0 Å². The van der Waals surface area contributed by atoms with E-state index in [-0.39, 0.29) is 11.3 Å². The Bertz CT molecular complexity index is 1360. The number of esters is 1. The van der Waals surface area contributed by atoms with Gasteiger partial charge in [0.25, 0.3) is 5.56 Å². The molecule has 32 heavy (non-hydrogen) atoms. The number of aromatic nitrogens is 2. The number of hydrogen-bond donors (Lipinski definition) is 1. The molecule has 0 saturated heterocycles. The molecule has 2 aromatic carbocycles. The second-order valence-electron chi connectivity index (χ2n) is 7.07. The van der Waals surface area contributed by atoms with E-state index in [0.29, 0.717) is 23.4 Å². The van der Waals surface area contributed by atoms with E-state index in [4.69, 9.17) is 9.47 Å². The van der Waals surface area contributed by atoms with Gasteiger partial charge >= 0.3 is 5.97 Å². The normalized spacial score (nSPS) is 10.8. The summed E-state index contributed by atoms with van der Waals surface area (Å²) in [4.78, 5) is 29.8. The first kappa shape index (κ1) is 21.0. The third-order valence-corrected chi connectivity index (χ3v) is 5.08. The van der Waals surface area contributed by atoms with Crippen LogP contribution in [0.1, 0.15) is 21.5 Å². The van der Waals surface area contributed by atoms with E-state index in [1.54, 1.807) is 42.5 Å². The Morgan fingerprint density at radius 2 is 1.75 bits per heavy atom. The minimum atomic E-state index is -0.964. The van der Waals surface area contributed by atoms with Crippen LogP contribution in [0.15, 0.2) is 65.6 Å². The average molecular weight is 434 g/mol. The first-order valence-electron chi connectivity index (χ1n) is 9.66. The lowest BCUT2D eigenvalue weighted by Gasteiger charge is -2.15. The number of aromatic hydroxyl groups is 1. The number of methoxy groups -OCH3 is 2. The Morgan fingerprint density at radius 3 is 2.38 bits per heavy atom. The van der Waals surface area contributed by atoms with Gasteiger partial charge in [0.1, 0.15) is 17.1 Å². The summed E-state index contributed by atoms with van der Waals surface area (Å²) in [7, 11) is 2.65. The van der Waals surface area contributed by atoms with Crippen LogP contribution in [-0.2, 0) is 11.2 Å². The van der Waals surface area contributed by atoms with Gasteiger partial charge < -0.3 is 14.6 Å². The van der Waals surface area contributed by atoms with Crippen LogP contribution >= 0.6 is 0 Å². The zero-order valence-electron chi connectivity index (χ0n) is 17.3. The monoisotopic (exact) mass is 434 g/mol. The van der Waals surface area contributed by atoms with E-state index in [2.05, 4.69) is 4.98 Å². The summed E-state index contributed by atoms with van der Waals surface area (Å²) in [5, 5.41) is 10.7. The van der Waals surface area contributed by atoms with Crippen LogP contribution in [0.5, 0.6) is 11.5 Å². The zero-order chi connectivity index (χ0) is 22.8. The number of pyridine rings is 2. The van der Waals surface area contributed by atoms with Crippen molar-refractivity contribution in [3.8, 4) is 17.2 Å². The molecule has 0 fully saturated rings. The summed E-state index contributed by atoms with van der Waals surface area (Å²) in [6, 6.07) is 14.4. The highest BCUT2D eigenvalue weighted by molar-refractivity contribution is 5.98. The fourth-order valence-electron chi connectivity index (χ4n) is 3.50. The Kier molecular flexibility index (Phi) is 5.59. The highest BCUT2D eigenvalue weighted by Crippen LogP contribution is 2.28. The quantitative estimate of drug-likeness (QED) is 0.483. The van der Waals surface area contributed by atoms with E-state index < -0.39 is 22.8 Å². The van der Waals surface area contributed by atoms with Gasteiger partial charge in [0, 0.05) is 11.9 Å². The van der Waals surface area contributed by atoms with Gasteiger partial charge in [-0.15, -0.1) is 0 Å². The smallest absolute Gasteiger partial charge is 0.347 e. The molecule has 0 aliphatic rings. The maximum atomic E-state index is 13.3. The highest BCUT2D eigenvalue weighted by atomic mass is 19.1. The molecular formula is C24H19FN2O5. The second-order valence-corrected chi connectivity index (χ2v) is 7.07. The number of fused-ring (bicyclic) bond motifs is 1. The van der Waals surface area contributed by atoms with Crippen LogP contribution in [0.3, 0.4) is 0 Å². The van der Waals surface area contributed by atoms with Crippen LogP contribution in [-0.4, -0.2) is 34.8 Å². The van der Waals surface area contributed by atoms with Gasteiger partial charge in [-0.25, -0.2) is 9.18 Å². The molecule has 0 spiro atoms. The van der Waals surface area contributed by atoms with E-state index in [1.807, 2.05) is 0 Å². The molecule has 0 aliphatic heterocycles. The van der Waals surface area contributed by atoms with E-state index in [0.717, 1.165) is 18.2 Å². The van der Waals surface area contributed by atoms with Gasteiger partial charge in [-0.1, -0.05) is 12.1 Å². The molecule has 0 amide bonds. The third-order valence-electron chi connectivity index (χ3n) is 5.08. The minimum absolute atomic E-state index is 0.0728. The zero-order valence-corrected chi connectivity index (χ0v) is 17.3. The number of rotatable bonds is 5. The summed E-state index contributed by atoms with van der Waals surface area (Å²) < 4.78 is 24.4. The third kappa shape index (κ3) is 3.78. The lowest BCUT2D eigenvalue weighted by molar-refractivity contribution is 0.0595. The fourth-order valence-corrected chi connectivity index (χ4v) is 3.50. The van der Waals surface area contributed by atoms with Gasteiger partial charge in [-0.2, -0.15) is 0 Å². The average Bonchev–Trinajstić information content (AvgIpc) is 2.81. The van der Waals surface area contributed by atoms with Crippen molar-refractivity contribution < 1.29 is 23.8 Å². The van der Waals surface area contributed by atoms with E-state index >= 15 is 0 Å². The number of carbonyl (C=O) groups is 1. The molecule has 2 aromatic heterocycles. The number of halogens is 1. The van der Waals surface area contributed by atoms with Crippen molar-refractivity contribution in [2.45, 2.75) is 6.42 Å². The summed E-state index contributed by atoms with van der Waals surface area (Å²) in [5.74, 6) is -1.25. The molecular weight excluding hydrogens is 415 g/mol. The van der Waals surface area contributed by atoms with Gasteiger partial charge in [0.05, 0.1) is 19.7 Å². The number of nitrogens with zero attached hydrogens (tertiary/aromatic N) is 2. The van der Waals surface area contributed by atoms with Crippen LogP contribution in [0.4, 0.5) is 4.39 Å². The molecule has 0 aliphatic carbocycles. The standard InChI is InChI=1S/C24H19FN2O5/c1-31-18-9-7-17(8-10-18)27-19-12-15(11-14-3-5-16(25)6-4-14)13-26-21(19)22(28)20(23(27)29)24(30)32-2/h3-10,12-13,28H,11H2,1-2H3. The molecule has 0 unspecified atom stereocenters. The van der Waals surface area contributed by atoms with Crippen molar-refractivity contribution in [2.24, 2.45) is 0 Å². The summed E-state index contributed by atoms with van der Waals surface area (Å²) in [6.45, 7) is 0. The molecule has 162 valence electrons. The largest absolute Gasteiger partial charge is 0.505 e. The number of benzene rings is 2. The molecule has 0 bridgehead atoms. The van der Waals surface area contributed by atoms with E-state index in [1.165, 1.54) is 30.0 Å². The predicted molar refractivity (Wildman–Crippen MR) is 116 cm³/mol. The molecule has 2 heterocycles. The first-order valence-corrected chi connectivity index (χ1v) is 9.66. The van der Waals surface area contributed by atoms with Crippen molar-refractivity contribution in [1.29, 1.82) is 0 Å². The number of ether oxygens (including phenoxy) is 2. The maximum absolute atomic E-state index is 13.3. The van der Waals surface area contributed by atoms with E-state index in [9.17, 15) is 19.1 Å². The molecule has 4 aromatic rings. The molecule has 0 saturated carbocycles. The molecule has 8 heteroatoms. The van der Waals surface area contributed by atoms with Crippen molar-refractivity contribution in [1.82, 2.24) is 9.55 Å². The Morgan fingerprint density at radius 1 is 1.06 bits per heavy atom. The maximum Gasteiger partial charge on any atom is 0.347 e. The lowest BCUT2D eigenvalue weighted by atomic mass is 10.1. The van der Waals surface area contributed by atoms with Crippen molar-refractivity contribution in [2.75, 3.05) is 14.2 Å². The highest BCUT2D eigenvalue weighted by Gasteiger charge is 2.24. The Labute approximate surface area is 182 Å². The first-order chi connectivity index (χ1) is 15.4. The van der Waals surface area contributed by atoms with Gasteiger partial charge in [-0.05, 0) is 60.0 Å². The summed E-state index contributed by atoms with van der Waals surface area (Å²) >= 11 is 0. The van der Waals surface area contributed by atoms with Crippen LogP contribution in [0.25, 0.3) is 16.7 Å². The minimum Gasteiger partial charge on any atom is -0.505 e. The lowest BCUT2D eigenvalue weighted by Crippen LogP contribution is -2.27. The molecule has 1 N–H and O–H groups in total. The number of carbonyl (C=O) groups excluding carboxylic acids is 1. The van der Waals surface area contributed by atoms with Gasteiger partial charge in [-0.3, -0.25) is 14.3 Å². The Balaban J connectivity index is 1.96. The van der Waals surface area contributed by atoms with Crippen molar-refractivity contribution >= 4 is 17.0 Å². The van der Waals surface area contributed by atoms with Gasteiger partial charge in [0.15, 0.2) is 11.3 Å². The fraction of sp³-hybridized carbons (Fsp3) is 0.125. The SMILES string of the molecule is COC(=O)c1c(O)c2ncc(Cc3ccc(F)cc3)cc2n(-c2ccc(OC)cc2)c1=O.